The molecule has 0 radical (unpaired) electrons. The average Bonchev–Trinajstić information content (AvgIpc) is 2.88. The van der Waals surface area contributed by atoms with Crippen LogP contribution in [-0.2, 0) is 22.5 Å². The van der Waals surface area contributed by atoms with Gasteiger partial charge in [0.1, 0.15) is 12.4 Å². The first-order valence-corrected chi connectivity index (χ1v) is 11.8. The van der Waals surface area contributed by atoms with E-state index in [4.69, 9.17) is 4.74 Å². The van der Waals surface area contributed by atoms with Crippen LogP contribution in [0.25, 0.3) is 5.57 Å². The van der Waals surface area contributed by atoms with Crippen molar-refractivity contribution in [2.24, 2.45) is 9.98 Å². The Balaban J connectivity index is 1.51. The molecule has 1 saturated heterocycles. The fraction of sp³-hybridized carbons (Fsp3) is 0.385. The summed E-state index contributed by atoms with van der Waals surface area (Å²) >= 11 is 0. The molecule has 36 heavy (non-hydrogen) atoms. The fourth-order valence-corrected chi connectivity index (χ4v) is 3.59. The summed E-state index contributed by atoms with van der Waals surface area (Å²) in [5.74, 6) is -1.35. The van der Waals surface area contributed by atoms with Crippen molar-refractivity contribution >= 4 is 24.2 Å². The highest BCUT2D eigenvalue weighted by molar-refractivity contribution is 5.81. The lowest BCUT2D eigenvalue weighted by molar-refractivity contribution is -0.120. The lowest BCUT2D eigenvalue weighted by Gasteiger charge is -2.32. The first-order chi connectivity index (χ1) is 17.3. The van der Waals surface area contributed by atoms with Gasteiger partial charge in [-0.25, -0.2) is 9.38 Å². The number of benzene rings is 1. The Hall–Kier alpha value is -3.50. The van der Waals surface area contributed by atoms with Gasteiger partial charge in [0.05, 0.1) is 18.7 Å². The van der Waals surface area contributed by atoms with E-state index in [1.165, 1.54) is 18.3 Å². The van der Waals surface area contributed by atoms with Gasteiger partial charge in [-0.1, -0.05) is 24.3 Å². The molecule has 0 bridgehead atoms. The van der Waals surface area contributed by atoms with Crippen LogP contribution in [-0.4, -0.2) is 79.8 Å². The van der Waals surface area contributed by atoms with Crippen LogP contribution < -0.4 is 5.32 Å². The van der Waals surface area contributed by atoms with E-state index >= 15 is 0 Å². The highest BCUT2D eigenvalue weighted by Crippen LogP contribution is 2.21. The number of pyridine rings is 1. The molecule has 0 saturated carbocycles. The van der Waals surface area contributed by atoms with Crippen molar-refractivity contribution in [3.63, 3.8) is 0 Å². The number of piperazine rings is 1. The van der Waals surface area contributed by atoms with E-state index in [0.717, 1.165) is 31.7 Å². The summed E-state index contributed by atoms with van der Waals surface area (Å²) in [5.41, 5.74) is 2.12. The number of amidine groups is 1. The van der Waals surface area contributed by atoms with E-state index in [0.29, 0.717) is 30.0 Å². The van der Waals surface area contributed by atoms with Crippen LogP contribution in [0.1, 0.15) is 23.7 Å². The number of carbonyl (C=O) groups excluding carboxylic acids is 1. The van der Waals surface area contributed by atoms with E-state index in [1.807, 2.05) is 0 Å². The van der Waals surface area contributed by atoms with E-state index in [9.17, 15) is 13.6 Å². The Kier molecular flexibility index (Phi) is 10.2. The molecule has 2 aromatic rings. The third-order valence-corrected chi connectivity index (χ3v) is 5.87. The number of rotatable bonds is 9. The molecule has 1 aliphatic rings. The molecule has 1 fully saturated rings. The molecule has 1 aliphatic heterocycles. The second kappa shape index (κ2) is 13.6. The molecule has 10 heteroatoms. The predicted molar refractivity (Wildman–Crippen MR) is 137 cm³/mol. The van der Waals surface area contributed by atoms with Crippen LogP contribution in [0.15, 0.2) is 58.5 Å². The number of ether oxygens (including phenoxy) is 1. The highest BCUT2D eigenvalue weighted by Gasteiger charge is 2.14. The SMILES string of the molecule is C=NC(=N/C(F)=C(\C)c1ccc(CC(=O)NCc2cc(F)ccn2)cc1)OCCN1CCN(C)CC1. The van der Waals surface area contributed by atoms with E-state index in [1.54, 1.807) is 31.2 Å². The van der Waals surface area contributed by atoms with Gasteiger partial charge >= 0.3 is 6.02 Å². The molecule has 192 valence electrons. The van der Waals surface area contributed by atoms with Crippen molar-refractivity contribution in [1.82, 2.24) is 20.1 Å². The van der Waals surface area contributed by atoms with Gasteiger partial charge < -0.3 is 15.0 Å². The monoisotopic (exact) mass is 498 g/mol. The third-order valence-electron chi connectivity index (χ3n) is 5.87. The maximum atomic E-state index is 14.8. The largest absolute Gasteiger partial charge is 0.462 e. The zero-order chi connectivity index (χ0) is 25.9. The molecule has 2 heterocycles. The summed E-state index contributed by atoms with van der Waals surface area (Å²) in [7, 11) is 2.09. The topological polar surface area (TPSA) is 82.4 Å². The van der Waals surface area contributed by atoms with Gasteiger partial charge in [-0.3, -0.25) is 14.7 Å². The molecule has 8 nitrogen and oxygen atoms in total. The van der Waals surface area contributed by atoms with Gasteiger partial charge in [0.25, 0.3) is 0 Å². The van der Waals surface area contributed by atoms with Crippen molar-refractivity contribution in [2.75, 3.05) is 46.4 Å². The molecule has 1 aromatic heterocycles. The number of aromatic nitrogens is 1. The number of carbonyl (C=O) groups is 1. The van der Waals surface area contributed by atoms with Gasteiger partial charge in [0, 0.05) is 44.5 Å². The standard InChI is InChI=1S/C26H32F2N6O2/c1-19(25(28)32-26(29-2)36-15-14-34-12-10-33(3)11-13-34)21-6-4-20(5-7-21)16-24(35)31-18-23-17-22(27)8-9-30-23/h4-9,17H,2,10-16,18H2,1,3H3,(H,31,35)/b25-19+,32-26?. The number of hydrogen-bond acceptors (Lipinski definition) is 6. The third kappa shape index (κ3) is 8.62. The summed E-state index contributed by atoms with van der Waals surface area (Å²) in [6.45, 7) is 10.2. The van der Waals surface area contributed by atoms with Crippen LogP contribution >= 0.6 is 0 Å². The number of likely N-dealkylation sites (N-methyl/N-ethyl adjacent to an activating group) is 1. The lowest BCUT2D eigenvalue weighted by atomic mass is 10.0. The molecule has 0 aliphatic carbocycles. The zero-order valence-electron chi connectivity index (χ0n) is 20.7. The Morgan fingerprint density at radius 3 is 2.58 bits per heavy atom. The first-order valence-electron chi connectivity index (χ1n) is 11.8. The van der Waals surface area contributed by atoms with Gasteiger partial charge in [-0.15, -0.1) is 0 Å². The number of nitrogens with one attached hydrogen (secondary N) is 1. The average molecular weight is 499 g/mol. The second-order valence-corrected chi connectivity index (χ2v) is 8.58. The molecule has 0 atom stereocenters. The molecular formula is C26H32F2N6O2. The van der Waals surface area contributed by atoms with Crippen LogP contribution in [0, 0.1) is 5.82 Å². The number of halogens is 2. The fourth-order valence-electron chi connectivity index (χ4n) is 3.59. The van der Waals surface area contributed by atoms with Crippen molar-refractivity contribution in [2.45, 2.75) is 19.9 Å². The zero-order valence-corrected chi connectivity index (χ0v) is 20.7. The second-order valence-electron chi connectivity index (χ2n) is 8.58. The number of hydrogen-bond donors (Lipinski definition) is 1. The summed E-state index contributed by atoms with van der Waals surface area (Å²) < 4.78 is 33.5. The van der Waals surface area contributed by atoms with Crippen LogP contribution in [0.4, 0.5) is 8.78 Å². The number of aliphatic imine (C=N–C) groups is 2. The van der Waals surface area contributed by atoms with Crippen molar-refractivity contribution in [3.05, 3.63) is 71.2 Å². The maximum absolute atomic E-state index is 14.8. The van der Waals surface area contributed by atoms with Crippen LogP contribution in [0.2, 0.25) is 0 Å². The minimum Gasteiger partial charge on any atom is -0.462 e. The minimum atomic E-state index is -0.718. The minimum absolute atomic E-state index is 0.109. The predicted octanol–water partition coefficient (Wildman–Crippen LogP) is 3.06. The Bertz CT molecular complexity index is 1100. The Morgan fingerprint density at radius 2 is 1.92 bits per heavy atom. The molecule has 0 unspecified atom stereocenters. The lowest BCUT2D eigenvalue weighted by Crippen LogP contribution is -2.45. The molecule has 3 rings (SSSR count). The summed E-state index contributed by atoms with van der Waals surface area (Å²) in [6.07, 6.45) is 1.48. The number of allylic oxidation sites excluding steroid dienone is 1. The Labute approximate surface area is 210 Å². The van der Waals surface area contributed by atoms with E-state index in [2.05, 4.69) is 43.9 Å². The normalized spacial score (nSPS) is 15.8. The summed E-state index contributed by atoms with van der Waals surface area (Å²) in [4.78, 5) is 28.3. The van der Waals surface area contributed by atoms with E-state index < -0.39 is 11.8 Å². The van der Waals surface area contributed by atoms with Gasteiger partial charge in [0.2, 0.25) is 11.9 Å². The first kappa shape index (κ1) is 27.1. The maximum Gasteiger partial charge on any atom is 0.318 e. The highest BCUT2D eigenvalue weighted by atomic mass is 19.1. The Morgan fingerprint density at radius 1 is 1.19 bits per heavy atom. The van der Waals surface area contributed by atoms with Crippen molar-refractivity contribution in [1.29, 1.82) is 0 Å². The molecule has 1 N–H and O–H groups in total. The van der Waals surface area contributed by atoms with Crippen molar-refractivity contribution < 1.29 is 18.3 Å². The van der Waals surface area contributed by atoms with Gasteiger partial charge in [-0.2, -0.15) is 9.38 Å². The summed E-state index contributed by atoms with van der Waals surface area (Å²) in [6, 6.07) is 9.33. The quantitative estimate of drug-likeness (QED) is 0.327. The van der Waals surface area contributed by atoms with Crippen LogP contribution in [0.5, 0.6) is 0 Å². The van der Waals surface area contributed by atoms with Crippen LogP contribution in [0.3, 0.4) is 0 Å². The number of nitrogens with zero attached hydrogens (tertiary/aromatic N) is 5. The molecule has 0 spiro atoms. The summed E-state index contributed by atoms with van der Waals surface area (Å²) in [5, 5.41) is 2.71. The smallest absolute Gasteiger partial charge is 0.318 e. The molecule has 1 aromatic carbocycles. The van der Waals surface area contributed by atoms with Gasteiger partial charge in [0.15, 0.2) is 0 Å². The van der Waals surface area contributed by atoms with Gasteiger partial charge in [-0.05, 0) is 43.9 Å². The van der Waals surface area contributed by atoms with Crippen molar-refractivity contribution in [3.8, 4) is 0 Å². The number of amides is 1. The molecule has 1 amide bonds. The molecular weight excluding hydrogens is 466 g/mol. The van der Waals surface area contributed by atoms with E-state index in [-0.39, 0.29) is 24.9 Å².